The number of para-hydroxylation sites is 1. The van der Waals surface area contributed by atoms with E-state index in [0.717, 1.165) is 41.5 Å². The van der Waals surface area contributed by atoms with Gasteiger partial charge in [-0.2, -0.15) is 0 Å². The standard InChI is InChI=1S/C20H21N3O3S/c1-22-9-11-23(12-10-22)20-21-17-8-7-16(13-18(17)27-20)26-19(24)14-25-15-5-3-2-4-6-15/h2-8,13H,9-12,14H2,1H3. The van der Waals surface area contributed by atoms with Crippen LogP contribution in [0.5, 0.6) is 11.5 Å². The fourth-order valence-electron chi connectivity index (χ4n) is 2.91. The largest absolute Gasteiger partial charge is 0.482 e. The van der Waals surface area contributed by atoms with E-state index in [4.69, 9.17) is 14.5 Å². The number of ether oxygens (including phenoxy) is 2. The molecule has 0 saturated carbocycles. The Morgan fingerprint density at radius 2 is 1.85 bits per heavy atom. The zero-order valence-corrected chi connectivity index (χ0v) is 15.9. The van der Waals surface area contributed by atoms with Crippen LogP contribution in [0, 0.1) is 0 Å². The van der Waals surface area contributed by atoms with E-state index in [1.54, 1.807) is 29.5 Å². The van der Waals surface area contributed by atoms with Crippen LogP contribution in [0.3, 0.4) is 0 Å². The highest BCUT2D eigenvalue weighted by molar-refractivity contribution is 7.22. The number of fused-ring (bicyclic) bond motifs is 1. The number of esters is 1. The third kappa shape index (κ3) is 4.37. The van der Waals surface area contributed by atoms with Gasteiger partial charge < -0.3 is 19.3 Å². The third-order valence-corrected chi connectivity index (χ3v) is 5.53. The van der Waals surface area contributed by atoms with Gasteiger partial charge in [-0.05, 0) is 31.3 Å². The summed E-state index contributed by atoms with van der Waals surface area (Å²) in [6.45, 7) is 3.92. The van der Waals surface area contributed by atoms with Crippen LogP contribution < -0.4 is 14.4 Å². The number of aromatic nitrogens is 1. The Hall–Kier alpha value is -2.64. The van der Waals surface area contributed by atoms with Gasteiger partial charge in [0, 0.05) is 32.2 Å². The van der Waals surface area contributed by atoms with Crippen molar-refractivity contribution in [2.24, 2.45) is 0 Å². The second-order valence-corrected chi connectivity index (χ2v) is 7.50. The molecule has 1 fully saturated rings. The number of carbonyl (C=O) groups excluding carboxylic acids is 1. The Balaban J connectivity index is 1.40. The highest BCUT2D eigenvalue weighted by Gasteiger charge is 2.18. The first-order valence-corrected chi connectivity index (χ1v) is 9.72. The SMILES string of the molecule is CN1CCN(c2nc3ccc(OC(=O)COc4ccccc4)cc3s2)CC1. The number of thiazole rings is 1. The van der Waals surface area contributed by atoms with Gasteiger partial charge in [-0.1, -0.05) is 29.5 Å². The van der Waals surface area contributed by atoms with Gasteiger partial charge in [0.05, 0.1) is 10.2 Å². The second-order valence-electron chi connectivity index (χ2n) is 6.49. The summed E-state index contributed by atoms with van der Waals surface area (Å²) in [5, 5.41) is 1.02. The summed E-state index contributed by atoms with van der Waals surface area (Å²) in [6.07, 6.45) is 0. The van der Waals surface area contributed by atoms with Gasteiger partial charge in [0.2, 0.25) is 0 Å². The molecule has 2 aromatic carbocycles. The molecule has 1 aromatic heterocycles. The van der Waals surface area contributed by atoms with Gasteiger partial charge in [0.25, 0.3) is 0 Å². The van der Waals surface area contributed by atoms with Gasteiger partial charge >= 0.3 is 5.97 Å². The Bertz CT molecular complexity index is 921. The zero-order chi connectivity index (χ0) is 18.6. The van der Waals surface area contributed by atoms with Crippen LogP contribution in [-0.4, -0.2) is 55.7 Å². The van der Waals surface area contributed by atoms with Crippen LogP contribution >= 0.6 is 11.3 Å². The van der Waals surface area contributed by atoms with Crippen molar-refractivity contribution in [2.75, 3.05) is 44.7 Å². The smallest absolute Gasteiger partial charge is 0.349 e. The predicted octanol–water partition coefficient (Wildman–Crippen LogP) is 3.03. The Kier molecular flexibility index (Phi) is 5.22. The molecular weight excluding hydrogens is 362 g/mol. The molecule has 6 nitrogen and oxygen atoms in total. The maximum atomic E-state index is 12.0. The van der Waals surface area contributed by atoms with Gasteiger partial charge in [0.15, 0.2) is 11.7 Å². The summed E-state index contributed by atoms with van der Waals surface area (Å²) in [6, 6.07) is 14.8. The van der Waals surface area contributed by atoms with Crippen LogP contribution in [0.25, 0.3) is 10.2 Å². The van der Waals surface area contributed by atoms with E-state index in [0.29, 0.717) is 11.5 Å². The number of hydrogen-bond acceptors (Lipinski definition) is 7. The predicted molar refractivity (Wildman–Crippen MR) is 107 cm³/mol. The summed E-state index contributed by atoms with van der Waals surface area (Å²) in [4.78, 5) is 21.4. The zero-order valence-electron chi connectivity index (χ0n) is 15.1. The molecule has 0 radical (unpaired) electrons. The number of anilines is 1. The number of hydrogen-bond donors (Lipinski definition) is 0. The maximum absolute atomic E-state index is 12.0. The number of piperazine rings is 1. The van der Waals surface area contributed by atoms with Gasteiger partial charge in [-0.15, -0.1) is 0 Å². The minimum atomic E-state index is -0.429. The van der Waals surface area contributed by atoms with Crippen molar-refractivity contribution >= 4 is 32.7 Å². The van der Waals surface area contributed by atoms with Gasteiger partial charge in [0.1, 0.15) is 11.5 Å². The van der Waals surface area contributed by atoms with Crippen molar-refractivity contribution in [1.82, 2.24) is 9.88 Å². The van der Waals surface area contributed by atoms with Crippen LogP contribution in [0.4, 0.5) is 5.13 Å². The first-order valence-electron chi connectivity index (χ1n) is 8.90. The van der Waals surface area contributed by atoms with Crippen LogP contribution in [0.2, 0.25) is 0 Å². The molecule has 1 aliphatic heterocycles. The summed E-state index contributed by atoms with van der Waals surface area (Å²) in [7, 11) is 2.14. The molecule has 7 heteroatoms. The van der Waals surface area contributed by atoms with E-state index in [9.17, 15) is 4.79 Å². The molecule has 1 aliphatic rings. The van der Waals surface area contributed by atoms with Crippen molar-refractivity contribution in [2.45, 2.75) is 0 Å². The topological polar surface area (TPSA) is 54.9 Å². The minimum Gasteiger partial charge on any atom is -0.482 e. The molecule has 3 aromatic rings. The van der Waals surface area contributed by atoms with E-state index < -0.39 is 5.97 Å². The average molecular weight is 383 g/mol. The lowest BCUT2D eigenvalue weighted by Gasteiger charge is -2.31. The molecule has 0 spiro atoms. The Morgan fingerprint density at radius 1 is 1.07 bits per heavy atom. The maximum Gasteiger partial charge on any atom is 0.349 e. The fraction of sp³-hybridized carbons (Fsp3) is 0.300. The molecular formula is C20H21N3O3S. The van der Waals surface area contributed by atoms with E-state index >= 15 is 0 Å². The highest BCUT2D eigenvalue weighted by Crippen LogP contribution is 2.32. The second kappa shape index (κ2) is 7.94. The fourth-order valence-corrected chi connectivity index (χ4v) is 3.95. The van der Waals surface area contributed by atoms with E-state index in [-0.39, 0.29) is 6.61 Å². The van der Waals surface area contributed by atoms with Crippen molar-refractivity contribution in [3.05, 3.63) is 48.5 Å². The number of carbonyl (C=O) groups is 1. The lowest BCUT2D eigenvalue weighted by molar-refractivity contribution is -0.136. The van der Waals surface area contributed by atoms with E-state index in [1.807, 2.05) is 30.3 Å². The Morgan fingerprint density at radius 3 is 2.63 bits per heavy atom. The lowest BCUT2D eigenvalue weighted by atomic mass is 10.3. The van der Waals surface area contributed by atoms with E-state index in [1.165, 1.54) is 0 Å². The number of benzene rings is 2. The molecule has 2 heterocycles. The normalized spacial score (nSPS) is 15.1. The summed E-state index contributed by atoms with van der Waals surface area (Å²) >= 11 is 1.63. The van der Waals surface area contributed by atoms with Crippen molar-refractivity contribution in [3.8, 4) is 11.5 Å². The first kappa shape index (κ1) is 17.8. The molecule has 4 rings (SSSR count). The van der Waals surface area contributed by atoms with Gasteiger partial charge in [-0.25, -0.2) is 9.78 Å². The molecule has 140 valence electrons. The van der Waals surface area contributed by atoms with Crippen molar-refractivity contribution in [1.29, 1.82) is 0 Å². The van der Waals surface area contributed by atoms with Crippen molar-refractivity contribution < 1.29 is 14.3 Å². The summed E-state index contributed by atoms with van der Waals surface area (Å²) in [5.74, 6) is 0.726. The Labute approximate surface area is 161 Å². The third-order valence-electron chi connectivity index (χ3n) is 4.45. The molecule has 0 bridgehead atoms. The molecule has 0 aliphatic carbocycles. The monoisotopic (exact) mass is 383 g/mol. The molecule has 0 atom stereocenters. The first-order chi connectivity index (χ1) is 13.2. The molecule has 0 N–H and O–H groups in total. The van der Waals surface area contributed by atoms with Crippen molar-refractivity contribution in [3.63, 3.8) is 0 Å². The van der Waals surface area contributed by atoms with E-state index in [2.05, 4.69) is 16.8 Å². The molecule has 27 heavy (non-hydrogen) atoms. The molecule has 1 saturated heterocycles. The molecule has 0 unspecified atom stereocenters. The van der Waals surface area contributed by atoms with Crippen LogP contribution in [0.15, 0.2) is 48.5 Å². The van der Waals surface area contributed by atoms with Gasteiger partial charge in [-0.3, -0.25) is 0 Å². The number of nitrogens with zero attached hydrogens (tertiary/aromatic N) is 3. The minimum absolute atomic E-state index is 0.128. The average Bonchev–Trinajstić information content (AvgIpc) is 3.11. The number of rotatable bonds is 5. The summed E-state index contributed by atoms with van der Waals surface area (Å²) < 4.78 is 11.8. The molecule has 0 amide bonds. The van der Waals surface area contributed by atoms with Crippen LogP contribution in [0.1, 0.15) is 0 Å². The van der Waals surface area contributed by atoms with Crippen LogP contribution in [-0.2, 0) is 4.79 Å². The number of likely N-dealkylation sites (N-methyl/N-ethyl adjacent to an activating group) is 1. The quantitative estimate of drug-likeness (QED) is 0.499. The summed E-state index contributed by atoms with van der Waals surface area (Å²) in [5.41, 5.74) is 0.925. The highest BCUT2D eigenvalue weighted by atomic mass is 32.1. The lowest BCUT2D eigenvalue weighted by Crippen LogP contribution is -2.44.